The van der Waals surface area contributed by atoms with Gasteiger partial charge in [-0.05, 0) is 62.4 Å². The molecule has 4 unspecified atom stereocenters. The van der Waals surface area contributed by atoms with E-state index in [0.717, 1.165) is 24.3 Å². The molecule has 0 amide bonds. The summed E-state index contributed by atoms with van der Waals surface area (Å²) in [6, 6.07) is 15.2. The standard InChI is InChI=1S/C24H29NO2/c1-4-16(3)27-17-13-14-22-21(15-17)18-10-8-11-19(18)24(25-22)20-9-6-7-12-23(20)26-5-2/h6-10,12-16,18-19,24-25H,4-5,11H2,1-3H3. The number of benzene rings is 2. The van der Waals surface area contributed by atoms with E-state index in [1.54, 1.807) is 0 Å². The summed E-state index contributed by atoms with van der Waals surface area (Å²) in [5.74, 6) is 2.87. The molecule has 2 aromatic carbocycles. The Balaban J connectivity index is 1.69. The predicted molar refractivity (Wildman–Crippen MR) is 111 cm³/mol. The van der Waals surface area contributed by atoms with Gasteiger partial charge in [-0.3, -0.25) is 0 Å². The van der Waals surface area contributed by atoms with Crippen LogP contribution in [0.1, 0.15) is 56.7 Å². The molecule has 27 heavy (non-hydrogen) atoms. The molecule has 0 bridgehead atoms. The van der Waals surface area contributed by atoms with E-state index in [2.05, 4.69) is 67.7 Å². The van der Waals surface area contributed by atoms with Crippen molar-refractivity contribution in [3.63, 3.8) is 0 Å². The molecule has 3 heteroatoms. The predicted octanol–water partition coefficient (Wildman–Crippen LogP) is 6.09. The van der Waals surface area contributed by atoms with Crippen molar-refractivity contribution in [2.24, 2.45) is 5.92 Å². The number of hydrogen-bond donors (Lipinski definition) is 1. The number of rotatable bonds is 6. The number of allylic oxidation sites excluding steroid dienone is 2. The monoisotopic (exact) mass is 363 g/mol. The minimum Gasteiger partial charge on any atom is -0.494 e. The fraction of sp³-hybridized carbons (Fsp3) is 0.417. The zero-order valence-corrected chi connectivity index (χ0v) is 16.4. The fourth-order valence-electron chi connectivity index (χ4n) is 4.29. The second kappa shape index (κ2) is 7.67. The Morgan fingerprint density at radius 1 is 1.11 bits per heavy atom. The van der Waals surface area contributed by atoms with E-state index in [4.69, 9.17) is 9.47 Å². The third-order valence-electron chi connectivity index (χ3n) is 5.80. The maximum Gasteiger partial charge on any atom is 0.124 e. The highest BCUT2D eigenvalue weighted by Crippen LogP contribution is 2.51. The second-order valence-corrected chi connectivity index (χ2v) is 7.53. The summed E-state index contributed by atoms with van der Waals surface area (Å²) in [5.41, 5.74) is 3.80. The van der Waals surface area contributed by atoms with Crippen LogP contribution in [0.4, 0.5) is 5.69 Å². The molecule has 1 heterocycles. The molecule has 0 saturated carbocycles. The quantitative estimate of drug-likeness (QED) is 0.630. The van der Waals surface area contributed by atoms with E-state index >= 15 is 0 Å². The van der Waals surface area contributed by atoms with Crippen molar-refractivity contribution in [3.8, 4) is 11.5 Å². The molecule has 142 valence electrons. The van der Waals surface area contributed by atoms with Crippen LogP contribution in [0.2, 0.25) is 0 Å². The molecular formula is C24H29NO2. The number of para-hydroxylation sites is 1. The molecule has 1 aliphatic heterocycles. The molecule has 1 N–H and O–H groups in total. The summed E-state index contributed by atoms with van der Waals surface area (Å²) in [6.45, 7) is 7.00. The van der Waals surface area contributed by atoms with Gasteiger partial charge in [0.15, 0.2) is 0 Å². The summed E-state index contributed by atoms with van der Waals surface area (Å²) in [7, 11) is 0. The molecule has 0 saturated heterocycles. The van der Waals surface area contributed by atoms with E-state index in [-0.39, 0.29) is 12.1 Å². The SMILES string of the molecule is CCOc1ccccc1C1Nc2ccc(OC(C)CC)cc2C2C=CCC21. The number of nitrogens with one attached hydrogen (secondary N) is 1. The molecule has 0 fully saturated rings. The van der Waals surface area contributed by atoms with E-state index in [9.17, 15) is 0 Å². The minimum atomic E-state index is 0.236. The Hall–Kier alpha value is -2.42. The van der Waals surface area contributed by atoms with E-state index in [1.807, 2.05) is 13.0 Å². The van der Waals surface area contributed by atoms with Crippen LogP contribution in [-0.4, -0.2) is 12.7 Å². The van der Waals surface area contributed by atoms with Crippen molar-refractivity contribution >= 4 is 5.69 Å². The number of anilines is 1. The van der Waals surface area contributed by atoms with Crippen LogP contribution in [0.3, 0.4) is 0 Å². The zero-order valence-electron chi connectivity index (χ0n) is 16.4. The molecule has 2 aliphatic rings. The van der Waals surface area contributed by atoms with Crippen molar-refractivity contribution in [1.82, 2.24) is 0 Å². The largest absolute Gasteiger partial charge is 0.494 e. The van der Waals surface area contributed by atoms with Gasteiger partial charge in [0.2, 0.25) is 0 Å². The molecule has 4 rings (SSSR count). The van der Waals surface area contributed by atoms with Crippen LogP contribution in [0.15, 0.2) is 54.6 Å². The minimum absolute atomic E-state index is 0.236. The molecule has 0 radical (unpaired) electrons. The van der Waals surface area contributed by atoms with Crippen molar-refractivity contribution < 1.29 is 9.47 Å². The lowest BCUT2D eigenvalue weighted by Gasteiger charge is -2.38. The molecule has 3 nitrogen and oxygen atoms in total. The lowest BCUT2D eigenvalue weighted by molar-refractivity contribution is 0.217. The van der Waals surface area contributed by atoms with Gasteiger partial charge in [-0.2, -0.15) is 0 Å². The summed E-state index contributed by atoms with van der Waals surface area (Å²) >= 11 is 0. The van der Waals surface area contributed by atoms with Crippen LogP contribution in [-0.2, 0) is 0 Å². The Bertz CT molecular complexity index is 829. The van der Waals surface area contributed by atoms with Gasteiger partial charge in [-0.25, -0.2) is 0 Å². The van der Waals surface area contributed by atoms with E-state index in [1.165, 1.54) is 16.8 Å². The highest BCUT2D eigenvalue weighted by molar-refractivity contribution is 5.62. The van der Waals surface area contributed by atoms with E-state index < -0.39 is 0 Å². The first-order valence-corrected chi connectivity index (χ1v) is 10.2. The Morgan fingerprint density at radius 2 is 1.96 bits per heavy atom. The second-order valence-electron chi connectivity index (χ2n) is 7.53. The van der Waals surface area contributed by atoms with Crippen LogP contribution in [0.5, 0.6) is 11.5 Å². The Morgan fingerprint density at radius 3 is 2.78 bits per heavy atom. The molecule has 4 atom stereocenters. The average Bonchev–Trinajstić information content (AvgIpc) is 3.18. The first kappa shape index (κ1) is 18.0. The molecular weight excluding hydrogens is 334 g/mol. The highest BCUT2D eigenvalue weighted by Gasteiger charge is 2.39. The zero-order chi connectivity index (χ0) is 18.8. The lowest BCUT2D eigenvalue weighted by atomic mass is 9.77. The van der Waals surface area contributed by atoms with Gasteiger partial charge in [0.25, 0.3) is 0 Å². The number of fused-ring (bicyclic) bond motifs is 3. The Labute approximate surface area is 162 Å². The maximum absolute atomic E-state index is 6.07. The van der Waals surface area contributed by atoms with Gasteiger partial charge in [0, 0.05) is 17.2 Å². The number of hydrogen-bond acceptors (Lipinski definition) is 3. The van der Waals surface area contributed by atoms with Crippen molar-refractivity contribution in [2.45, 2.75) is 51.7 Å². The van der Waals surface area contributed by atoms with Crippen LogP contribution < -0.4 is 14.8 Å². The summed E-state index contributed by atoms with van der Waals surface area (Å²) in [4.78, 5) is 0. The van der Waals surface area contributed by atoms with Crippen molar-refractivity contribution in [3.05, 3.63) is 65.7 Å². The molecule has 0 aromatic heterocycles. The smallest absolute Gasteiger partial charge is 0.124 e. The van der Waals surface area contributed by atoms with E-state index in [0.29, 0.717) is 18.4 Å². The highest BCUT2D eigenvalue weighted by atomic mass is 16.5. The summed E-state index contributed by atoms with van der Waals surface area (Å²) in [6.07, 6.45) is 7.02. The van der Waals surface area contributed by atoms with Crippen molar-refractivity contribution in [1.29, 1.82) is 0 Å². The average molecular weight is 364 g/mol. The third-order valence-corrected chi connectivity index (χ3v) is 5.80. The topological polar surface area (TPSA) is 30.5 Å². The van der Waals surface area contributed by atoms with Crippen LogP contribution in [0.25, 0.3) is 0 Å². The number of ether oxygens (including phenoxy) is 2. The van der Waals surface area contributed by atoms with Crippen molar-refractivity contribution in [2.75, 3.05) is 11.9 Å². The lowest BCUT2D eigenvalue weighted by Crippen LogP contribution is -2.29. The molecule has 1 aliphatic carbocycles. The van der Waals surface area contributed by atoms with Gasteiger partial charge >= 0.3 is 0 Å². The van der Waals surface area contributed by atoms with Gasteiger partial charge in [0.05, 0.1) is 18.8 Å². The Kier molecular flexibility index (Phi) is 5.11. The molecule has 0 spiro atoms. The van der Waals surface area contributed by atoms with Gasteiger partial charge < -0.3 is 14.8 Å². The van der Waals surface area contributed by atoms with Crippen LogP contribution in [0, 0.1) is 5.92 Å². The van der Waals surface area contributed by atoms with Gasteiger partial charge in [-0.15, -0.1) is 0 Å². The first-order valence-electron chi connectivity index (χ1n) is 10.2. The first-order chi connectivity index (χ1) is 13.2. The summed E-state index contributed by atoms with van der Waals surface area (Å²) < 4.78 is 12.0. The van der Waals surface area contributed by atoms with Crippen LogP contribution >= 0.6 is 0 Å². The normalized spacial score (nSPS) is 23.9. The summed E-state index contributed by atoms with van der Waals surface area (Å²) in [5, 5.41) is 3.80. The van der Waals surface area contributed by atoms with Gasteiger partial charge in [0.1, 0.15) is 11.5 Å². The maximum atomic E-state index is 6.07. The molecule has 2 aromatic rings. The van der Waals surface area contributed by atoms with Gasteiger partial charge in [-0.1, -0.05) is 37.3 Å². The fourth-order valence-corrected chi connectivity index (χ4v) is 4.29. The third kappa shape index (κ3) is 3.43.